The van der Waals surface area contributed by atoms with Crippen LogP contribution in [0.4, 0.5) is 11.4 Å². The van der Waals surface area contributed by atoms with Gasteiger partial charge in [0.2, 0.25) is 0 Å². The van der Waals surface area contributed by atoms with Crippen LogP contribution in [-0.4, -0.2) is 68.9 Å². The fourth-order valence-corrected chi connectivity index (χ4v) is 4.96. The highest BCUT2D eigenvalue weighted by molar-refractivity contribution is 6.52. The Hall–Kier alpha value is -6.25. The molecule has 7 rings (SSSR count). The van der Waals surface area contributed by atoms with Gasteiger partial charge in [-0.25, -0.2) is 29.0 Å². The van der Waals surface area contributed by atoms with E-state index in [1.807, 2.05) is 70.3 Å². The monoisotopic (exact) mass is 617 g/mol. The Morgan fingerprint density at radius 2 is 1.43 bits per heavy atom. The molecule has 15 heteroatoms. The van der Waals surface area contributed by atoms with Crippen molar-refractivity contribution >= 4 is 39.8 Å². The molecule has 6 aromatic heterocycles. The molecule has 0 bridgehead atoms. The Balaban J connectivity index is 1.15. The van der Waals surface area contributed by atoms with E-state index in [-0.39, 0.29) is 23.1 Å². The number of aryl methyl sites for hydroxylation is 2. The van der Waals surface area contributed by atoms with Crippen molar-refractivity contribution in [3.63, 3.8) is 0 Å². The van der Waals surface area contributed by atoms with Crippen molar-refractivity contribution < 1.29 is 9.47 Å². The van der Waals surface area contributed by atoms with Gasteiger partial charge in [0.05, 0.1) is 48.3 Å². The number of aliphatic imine (C=N–C) groups is 2. The molecule has 46 heavy (non-hydrogen) atoms. The van der Waals surface area contributed by atoms with Crippen LogP contribution in [0.1, 0.15) is 12.8 Å². The second-order valence-corrected chi connectivity index (χ2v) is 10.4. The third-order valence-corrected chi connectivity index (χ3v) is 7.20. The number of hydrogen-bond acceptors (Lipinski definition) is 10. The zero-order valence-electron chi connectivity index (χ0n) is 24.8. The Kier molecular flexibility index (Phi) is 7.92. The van der Waals surface area contributed by atoms with E-state index in [4.69, 9.17) is 25.6 Å². The molecular formula is C31H31N13O2. The minimum absolute atomic E-state index is 0.0913. The van der Waals surface area contributed by atoms with Crippen LogP contribution in [0.25, 0.3) is 11.0 Å². The van der Waals surface area contributed by atoms with E-state index in [1.54, 1.807) is 34.1 Å². The molecule has 0 amide bonds. The van der Waals surface area contributed by atoms with Crippen LogP contribution in [0.15, 0.2) is 108 Å². The van der Waals surface area contributed by atoms with Crippen LogP contribution in [0.2, 0.25) is 0 Å². The van der Waals surface area contributed by atoms with Gasteiger partial charge in [-0.1, -0.05) is 12.1 Å². The lowest BCUT2D eigenvalue weighted by molar-refractivity contribution is 0.290. The number of dihydropyridines is 1. The number of nitrogens with two attached hydrogens (primary N) is 1. The predicted molar refractivity (Wildman–Crippen MR) is 173 cm³/mol. The summed E-state index contributed by atoms with van der Waals surface area (Å²) in [5.41, 5.74) is 9.26. The van der Waals surface area contributed by atoms with Gasteiger partial charge >= 0.3 is 0 Å². The summed E-state index contributed by atoms with van der Waals surface area (Å²) < 4.78 is 19.6. The van der Waals surface area contributed by atoms with Gasteiger partial charge in [-0.3, -0.25) is 5.41 Å². The summed E-state index contributed by atoms with van der Waals surface area (Å²) >= 11 is 0. The van der Waals surface area contributed by atoms with Crippen molar-refractivity contribution in [1.29, 1.82) is 5.41 Å². The zero-order valence-corrected chi connectivity index (χ0v) is 24.8. The van der Waals surface area contributed by atoms with Gasteiger partial charge < -0.3 is 29.7 Å². The number of amidine groups is 2. The van der Waals surface area contributed by atoms with Crippen LogP contribution in [0, 0.1) is 5.41 Å². The molecule has 1 aliphatic heterocycles. The average Bonchev–Trinajstić information content (AvgIpc) is 3.88. The molecule has 0 fully saturated rings. The lowest BCUT2D eigenvalue weighted by Crippen LogP contribution is -2.29. The molecule has 4 N–H and O–H groups in total. The number of ether oxygens (including phenoxy) is 2. The maximum atomic E-state index is 8.66. The van der Waals surface area contributed by atoms with Crippen molar-refractivity contribution in [3.05, 3.63) is 98.0 Å². The van der Waals surface area contributed by atoms with Crippen molar-refractivity contribution in [3.8, 4) is 11.8 Å². The second kappa shape index (κ2) is 12.8. The number of nitrogens with zero attached hydrogens (tertiary/aromatic N) is 10. The molecule has 1 aliphatic rings. The van der Waals surface area contributed by atoms with E-state index < -0.39 is 0 Å². The fraction of sp³-hybridized carbons (Fsp3) is 0.194. The summed E-state index contributed by atoms with van der Waals surface area (Å²) in [6.07, 6.45) is 17.5. The van der Waals surface area contributed by atoms with Crippen molar-refractivity contribution in [1.82, 2.24) is 38.3 Å². The summed E-state index contributed by atoms with van der Waals surface area (Å²) in [5, 5.41) is 21.1. The first kappa shape index (κ1) is 28.5. The number of nitrogens with one attached hydrogen (secondary N) is 2. The van der Waals surface area contributed by atoms with Gasteiger partial charge in [0.1, 0.15) is 5.69 Å². The van der Waals surface area contributed by atoms with E-state index in [1.165, 1.54) is 6.08 Å². The number of anilines is 1. The topological polar surface area (TPSA) is 175 Å². The highest BCUT2D eigenvalue weighted by Crippen LogP contribution is 2.33. The summed E-state index contributed by atoms with van der Waals surface area (Å²) in [6, 6.07) is 11.4. The molecule has 0 saturated heterocycles. The lowest BCUT2D eigenvalue weighted by atomic mass is 10.2. The Bertz CT molecular complexity index is 2070. The molecule has 0 saturated carbocycles. The summed E-state index contributed by atoms with van der Waals surface area (Å²) in [4.78, 5) is 17.7. The number of rotatable bonds is 12. The third kappa shape index (κ3) is 6.06. The molecule has 0 unspecified atom stereocenters. The smallest absolute Gasteiger partial charge is 0.260 e. The first-order valence-corrected chi connectivity index (χ1v) is 14.7. The SMILES string of the molecule is N=C1C=C(N)C(=Nc2c(OCCCn3ccnc3)nn3ccccc23)N=C1Nc1c(OCCCn2ccnc2)nn2ccccc12. The van der Waals surface area contributed by atoms with Crippen molar-refractivity contribution in [2.75, 3.05) is 18.5 Å². The molecule has 232 valence electrons. The Morgan fingerprint density at radius 1 is 0.804 bits per heavy atom. The van der Waals surface area contributed by atoms with Crippen LogP contribution in [0.5, 0.6) is 11.8 Å². The zero-order chi connectivity index (χ0) is 31.3. The first-order chi connectivity index (χ1) is 22.6. The normalized spacial score (nSPS) is 14.2. The molecule has 0 atom stereocenters. The molecule has 0 spiro atoms. The highest BCUT2D eigenvalue weighted by Gasteiger charge is 2.23. The van der Waals surface area contributed by atoms with Crippen LogP contribution in [-0.2, 0) is 13.1 Å². The first-order valence-electron chi connectivity index (χ1n) is 14.7. The maximum absolute atomic E-state index is 8.66. The summed E-state index contributed by atoms with van der Waals surface area (Å²) in [7, 11) is 0. The van der Waals surface area contributed by atoms with E-state index in [9.17, 15) is 0 Å². The summed E-state index contributed by atoms with van der Waals surface area (Å²) in [5.74, 6) is 1.22. The Morgan fingerprint density at radius 3 is 2.11 bits per heavy atom. The number of aromatic nitrogens is 8. The Labute approximate surface area is 262 Å². The minimum atomic E-state index is 0.0913. The molecule has 15 nitrogen and oxygen atoms in total. The standard InChI is InChI=1S/C31H31N13O2/c32-22-19-23(33)29(37-27-25-8-2-4-14-44(25)40-31(27)46-18-6-12-42-16-10-35-21-42)38-28(22)36-26-24-7-1-3-13-43(24)39-30(26)45-17-5-11-41-15-9-34-20-41/h1-4,7-10,13-16,19-21,32H,5-6,11-12,17-18,33H2,(H,36,37,38). The highest BCUT2D eigenvalue weighted by atomic mass is 16.5. The number of hydrogen-bond donors (Lipinski definition) is 3. The van der Waals surface area contributed by atoms with Gasteiger partial charge in [0, 0.05) is 50.3 Å². The van der Waals surface area contributed by atoms with Gasteiger partial charge in [-0.15, -0.1) is 10.2 Å². The van der Waals surface area contributed by atoms with Gasteiger partial charge in [0.15, 0.2) is 17.4 Å². The molecule has 7 heterocycles. The largest absolute Gasteiger partial charge is 0.475 e. The minimum Gasteiger partial charge on any atom is -0.475 e. The van der Waals surface area contributed by atoms with E-state index in [0.717, 1.165) is 37.0 Å². The quantitative estimate of drug-likeness (QED) is 0.174. The predicted octanol–water partition coefficient (Wildman–Crippen LogP) is 3.73. The van der Waals surface area contributed by atoms with E-state index in [0.29, 0.717) is 36.3 Å². The number of fused-ring (bicyclic) bond motifs is 2. The van der Waals surface area contributed by atoms with Gasteiger partial charge in [-0.2, -0.15) is 0 Å². The molecule has 0 aliphatic carbocycles. The van der Waals surface area contributed by atoms with Crippen molar-refractivity contribution in [2.24, 2.45) is 15.7 Å². The third-order valence-electron chi connectivity index (χ3n) is 7.20. The van der Waals surface area contributed by atoms with Gasteiger partial charge in [-0.05, 0) is 43.2 Å². The average molecular weight is 618 g/mol. The molecular weight excluding hydrogens is 586 g/mol. The van der Waals surface area contributed by atoms with E-state index in [2.05, 4.69) is 30.5 Å². The maximum Gasteiger partial charge on any atom is 0.260 e. The summed E-state index contributed by atoms with van der Waals surface area (Å²) in [6.45, 7) is 2.37. The van der Waals surface area contributed by atoms with Crippen LogP contribution >= 0.6 is 0 Å². The van der Waals surface area contributed by atoms with Crippen LogP contribution in [0.3, 0.4) is 0 Å². The van der Waals surface area contributed by atoms with E-state index >= 15 is 0 Å². The fourth-order valence-electron chi connectivity index (χ4n) is 4.96. The molecule has 0 radical (unpaired) electrons. The number of imidazole rings is 2. The molecule has 0 aromatic carbocycles. The van der Waals surface area contributed by atoms with Crippen LogP contribution < -0.4 is 20.5 Å². The second-order valence-electron chi connectivity index (χ2n) is 10.4. The van der Waals surface area contributed by atoms with Gasteiger partial charge in [0.25, 0.3) is 11.8 Å². The van der Waals surface area contributed by atoms with Crippen molar-refractivity contribution in [2.45, 2.75) is 25.9 Å². The molecule has 6 aromatic rings. The number of pyridine rings is 2. The lowest BCUT2D eigenvalue weighted by Gasteiger charge is -2.15.